The van der Waals surface area contributed by atoms with Crippen molar-refractivity contribution in [1.82, 2.24) is 9.97 Å². The number of hydrogen-bond donors (Lipinski definition) is 6. The number of ketones is 1. The summed E-state index contributed by atoms with van der Waals surface area (Å²) in [5.74, 6) is -2.30. The molecule has 1 aliphatic rings. The van der Waals surface area contributed by atoms with E-state index in [9.17, 15) is 24.6 Å². The Labute approximate surface area is 428 Å². The first-order valence-corrected chi connectivity index (χ1v) is 24.0. The predicted octanol–water partition coefficient (Wildman–Crippen LogP) is 16.5. The number of hydrogen-bond acceptors (Lipinski definition) is 9. The summed E-state index contributed by atoms with van der Waals surface area (Å²) in [6, 6.07) is 50.4. The third-order valence-electron chi connectivity index (χ3n) is 13.5. The molecule has 0 saturated heterocycles. The van der Waals surface area contributed by atoms with Crippen molar-refractivity contribution in [3.63, 3.8) is 0 Å². The Morgan fingerprint density at radius 1 is 0.446 bits per heavy atom. The van der Waals surface area contributed by atoms with Crippen LogP contribution in [0, 0.1) is 0 Å². The van der Waals surface area contributed by atoms with Crippen LogP contribution in [-0.2, 0) is 0 Å². The fraction of sp³-hybridized carbons (Fsp3) is 0. The van der Waals surface area contributed by atoms with Gasteiger partial charge in [0, 0.05) is 54.5 Å². The summed E-state index contributed by atoms with van der Waals surface area (Å²) in [4.78, 5) is 48.9. The van der Waals surface area contributed by atoms with E-state index in [-0.39, 0.29) is 28.3 Å². The zero-order valence-corrected chi connectivity index (χ0v) is 39.8. The molecule has 2 aromatic heterocycles. The number of para-hydroxylation sites is 4. The number of anilines is 2. The number of amides is 2. The Morgan fingerprint density at radius 2 is 0.865 bits per heavy atom. The highest BCUT2D eigenvalue weighted by Crippen LogP contribution is 2.47. The summed E-state index contributed by atoms with van der Waals surface area (Å²) >= 11 is 12.8. The summed E-state index contributed by atoms with van der Waals surface area (Å²) in [5.41, 5.74) is 6.58. The molecule has 74 heavy (non-hydrogen) atoms. The number of halogens is 2. The molecule has 0 unspecified atom stereocenters. The molecule has 13 nitrogen and oxygen atoms in total. The van der Waals surface area contributed by atoms with Crippen LogP contribution in [0.15, 0.2) is 190 Å². The van der Waals surface area contributed by atoms with E-state index in [1.165, 1.54) is 0 Å². The number of phenolic OH excluding ortho intramolecular Hbond substituents is 2. The van der Waals surface area contributed by atoms with Gasteiger partial charge < -0.3 is 30.8 Å². The summed E-state index contributed by atoms with van der Waals surface area (Å²) < 4.78 is 0. The first-order chi connectivity index (χ1) is 36.1. The third kappa shape index (κ3) is 7.20. The van der Waals surface area contributed by atoms with Crippen molar-refractivity contribution in [3.05, 3.63) is 202 Å². The number of nitrogens with zero attached hydrogens (tertiary/aromatic N) is 4. The summed E-state index contributed by atoms with van der Waals surface area (Å²) in [6.07, 6.45) is 0. The van der Waals surface area contributed by atoms with Crippen molar-refractivity contribution in [1.29, 1.82) is 0 Å². The van der Waals surface area contributed by atoms with Crippen LogP contribution in [0.3, 0.4) is 0 Å². The second-order valence-electron chi connectivity index (χ2n) is 17.8. The molecule has 2 amide bonds. The van der Waals surface area contributed by atoms with Crippen molar-refractivity contribution in [2.45, 2.75) is 0 Å². The Bertz CT molecular complexity index is 4240. The first-order valence-electron chi connectivity index (χ1n) is 23.2. The number of rotatable bonds is 8. The minimum Gasteiger partial charge on any atom is -0.505 e. The molecule has 15 heteroatoms. The first kappa shape index (κ1) is 44.3. The lowest BCUT2D eigenvalue weighted by Crippen LogP contribution is -2.12. The van der Waals surface area contributed by atoms with Gasteiger partial charge in [-0.15, -0.1) is 10.2 Å². The highest BCUT2D eigenvalue weighted by atomic mass is 35.5. The lowest BCUT2D eigenvalue weighted by molar-refractivity contribution is 0.101. The van der Waals surface area contributed by atoms with E-state index >= 15 is 0 Å². The molecule has 13 rings (SSSR count). The molecular weight excluding hydrogens is 972 g/mol. The van der Waals surface area contributed by atoms with E-state index in [0.29, 0.717) is 87.6 Å². The zero-order valence-electron chi connectivity index (χ0n) is 38.3. The standard InChI is InChI=1S/C59H34Cl2N8O5/c60-43-11-3-7-15-47(43)64-58(73)41-25-29-17-21-37-35-9-1-5-13-45(35)62-51(37)49(29)53(56(41)71)68-66-31-19-23-33-34-24-20-32(28-40(34)55(70)39(33)27-31)67-69-54-50-30(18-22-38-36-10-2-6-14-46(36)63-52(38)50)26-42(57(54)72)59(74)65-48-16-8-4-12-44(48)61/h1-28,62-63,71-72H,(H,64,73)(H,65,74). The minimum absolute atomic E-state index is 0.0458. The molecule has 0 fully saturated rings. The van der Waals surface area contributed by atoms with Gasteiger partial charge >= 0.3 is 0 Å². The van der Waals surface area contributed by atoms with Crippen molar-refractivity contribution in [3.8, 4) is 22.6 Å². The average molecular weight is 1010 g/mol. The minimum atomic E-state index is -0.604. The average Bonchev–Trinajstić information content (AvgIpc) is 4.09. The van der Waals surface area contributed by atoms with Gasteiger partial charge in [-0.25, -0.2) is 0 Å². The normalized spacial score (nSPS) is 12.3. The van der Waals surface area contributed by atoms with Crippen molar-refractivity contribution in [2.75, 3.05) is 10.6 Å². The fourth-order valence-corrected chi connectivity index (χ4v) is 10.4. The Morgan fingerprint density at radius 3 is 1.31 bits per heavy atom. The van der Waals surface area contributed by atoms with Crippen LogP contribution in [0.1, 0.15) is 36.6 Å². The third-order valence-corrected chi connectivity index (χ3v) is 14.2. The van der Waals surface area contributed by atoms with Crippen LogP contribution in [0.2, 0.25) is 10.0 Å². The molecule has 12 aromatic rings. The Balaban J connectivity index is 0.863. The smallest absolute Gasteiger partial charge is 0.259 e. The van der Waals surface area contributed by atoms with Crippen LogP contribution in [0.4, 0.5) is 34.1 Å². The summed E-state index contributed by atoms with van der Waals surface area (Å²) in [6.45, 7) is 0. The maximum absolute atomic E-state index is 14.3. The number of benzene rings is 10. The number of azo groups is 2. The molecule has 0 atom stereocenters. The largest absolute Gasteiger partial charge is 0.505 e. The van der Waals surface area contributed by atoms with E-state index < -0.39 is 23.3 Å². The molecule has 0 radical (unpaired) electrons. The quantitative estimate of drug-likeness (QED) is 0.0822. The van der Waals surface area contributed by atoms with Gasteiger partial charge in [0.25, 0.3) is 11.8 Å². The number of aromatic nitrogens is 2. The SMILES string of the molecule is O=C1c2cc(N=Nc3c(O)c(C(=O)Nc4ccccc4Cl)cc4ccc5c6ccccc6[nH]c5c34)ccc2-c2ccc(N=Nc3c(O)c(C(=O)Nc4ccccc4Cl)cc4ccc5c6ccccc6[nH]c5c34)cc21. The van der Waals surface area contributed by atoms with Crippen LogP contribution in [-0.4, -0.2) is 37.8 Å². The van der Waals surface area contributed by atoms with Gasteiger partial charge in [0.2, 0.25) is 0 Å². The van der Waals surface area contributed by atoms with Gasteiger partial charge in [0.05, 0.1) is 55.0 Å². The number of nitrogens with one attached hydrogen (secondary N) is 4. The zero-order chi connectivity index (χ0) is 50.4. The maximum Gasteiger partial charge on any atom is 0.259 e. The van der Waals surface area contributed by atoms with Crippen LogP contribution in [0.5, 0.6) is 11.5 Å². The second-order valence-corrected chi connectivity index (χ2v) is 18.6. The number of carbonyl (C=O) groups excluding carboxylic acids is 3. The number of H-pyrrole nitrogens is 2. The molecule has 6 N–H and O–H groups in total. The molecule has 0 bridgehead atoms. The lowest BCUT2D eigenvalue weighted by atomic mass is 10.00. The van der Waals surface area contributed by atoms with Crippen molar-refractivity contribution >= 4 is 140 Å². The highest BCUT2D eigenvalue weighted by Gasteiger charge is 2.29. The monoisotopic (exact) mass is 1000 g/mol. The van der Waals surface area contributed by atoms with E-state index in [2.05, 4.69) is 41.1 Å². The van der Waals surface area contributed by atoms with Gasteiger partial charge in [-0.05, 0) is 94.7 Å². The van der Waals surface area contributed by atoms with Crippen LogP contribution < -0.4 is 10.6 Å². The molecular formula is C59H34Cl2N8O5. The fourth-order valence-electron chi connectivity index (χ4n) is 10.0. The predicted molar refractivity (Wildman–Crippen MR) is 292 cm³/mol. The number of carbonyl (C=O) groups is 3. The summed E-state index contributed by atoms with van der Waals surface area (Å²) in [5, 5.41) is 54.6. The maximum atomic E-state index is 14.3. The van der Waals surface area contributed by atoms with Gasteiger partial charge in [-0.3, -0.25) is 14.4 Å². The summed E-state index contributed by atoms with van der Waals surface area (Å²) in [7, 11) is 0. The lowest BCUT2D eigenvalue weighted by Gasteiger charge is -2.12. The number of phenols is 2. The van der Waals surface area contributed by atoms with Crippen molar-refractivity contribution < 1.29 is 24.6 Å². The topological polar surface area (TPSA) is 197 Å². The van der Waals surface area contributed by atoms with Crippen molar-refractivity contribution in [2.24, 2.45) is 20.5 Å². The van der Waals surface area contributed by atoms with E-state index in [4.69, 9.17) is 23.2 Å². The van der Waals surface area contributed by atoms with Gasteiger partial charge in [0.1, 0.15) is 11.4 Å². The van der Waals surface area contributed by atoms with Gasteiger partial charge in [-0.1, -0.05) is 120 Å². The second kappa shape index (κ2) is 17.3. The highest BCUT2D eigenvalue weighted by molar-refractivity contribution is 6.35. The molecule has 0 aliphatic heterocycles. The Hall–Kier alpha value is -9.69. The number of fused-ring (bicyclic) bond motifs is 13. The number of aromatic hydroxyl groups is 2. The Kier molecular flexibility index (Phi) is 10.3. The van der Waals surface area contributed by atoms with Gasteiger partial charge in [0.15, 0.2) is 17.3 Å². The molecule has 10 aromatic carbocycles. The van der Waals surface area contributed by atoms with E-state index in [1.54, 1.807) is 97.1 Å². The molecule has 1 aliphatic carbocycles. The molecule has 0 saturated carbocycles. The van der Waals surface area contributed by atoms with Gasteiger partial charge in [-0.2, -0.15) is 10.2 Å². The molecule has 0 spiro atoms. The molecule has 354 valence electrons. The molecule has 2 heterocycles. The van der Waals surface area contributed by atoms with Crippen LogP contribution >= 0.6 is 23.2 Å². The van der Waals surface area contributed by atoms with E-state index in [0.717, 1.165) is 32.6 Å². The number of aromatic amines is 2. The van der Waals surface area contributed by atoms with E-state index in [1.807, 2.05) is 72.8 Å². The van der Waals surface area contributed by atoms with Crippen LogP contribution in [0.25, 0.3) is 76.3 Å².